The molecule has 1 atom stereocenters. The van der Waals surface area contributed by atoms with Gasteiger partial charge in [-0.2, -0.15) is 4.98 Å². The van der Waals surface area contributed by atoms with E-state index in [-0.39, 0.29) is 24.1 Å². The zero-order chi connectivity index (χ0) is 16.5. The number of anilines is 1. The zero-order valence-corrected chi connectivity index (χ0v) is 12.7. The Morgan fingerprint density at radius 3 is 2.75 bits per heavy atom. The maximum Gasteiger partial charge on any atom is 0.257 e. The Balaban J connectivity index is 1.56. The summed E-state index contributed by atoms with van der Waals surface area (Å²) in [6.45, 7) is 0.413. The first-order valence-electron chi connectivity index (χ1n) is 7.65. The Hall–Kier alpha value is -3.02. The second kappa shape index (κ2) is 5.88. The standard InChI is InChI=1S/C18H14FN3O2/c19-14-7-4-8-15(10-14)22-11-13(9-16(22)23)17-20-18(24-21-17)12-5-2-1-3-6-12/h1-8,10,13H,9,11H2. The van der Waals surface area contributed by atoms with Crippen LogP contribution in [0.25, 0.3) is 11.5 Å². The van der Waals surface area contributed by atoms with Crippen LogP contribution in [0.5, 0.6) is 0 Å². The highest BCUT2D eigenvalue weighted by molar-refractivity contribution is 5.96. The van der Waals surface area contributed by atoms with Gasteiger partial charge in [0.25, 0.3) is 5.89 Å². The average Bonchev–Trinajstić information content (AvgIpc) is 3.22. The zero-order valence-electron chi connectivity index (χ0n) is 12.7. The number of hydrogen-bond donors (Lipinski definition) is 0. The van der Waals surface area contributed by atoms with Gasteiger partial charge in [0.15, 0.2) is 5.82 Å². The van der Waals surface area contributed by atoms with Crippen molar-refractivity contribution in [3.05, 3.63) is 66.2 Å². The molecule has 1 aromatic heterocycles. The molecule has 6 heteroatoms. The van der Waals surface area contributed by atoms with Crippen LogP contribution in [0, 0.1) is 5.82 Å². The van der Waals surface area contributed by atoms with Crippen molar-refractivity contribution < 1.29 is 13.7 Å². The second-order valence-electron chi connectivity index (χ2n) is 5.71. The minimum Gasteiger partial charge on any atom is -0.334 e. The molecule has 0 saturated carbocycles. The molecule has 1 fully saturated rings. The summed E-state index contributed by atoms with van der Waals surface area (Å²) in [5, 5.41) is 4.02. The molecule has 24 heavy (non-hydrogen) atoms. The number of amides is 1. The molecule has 0 N–H and O–H groups in total. The molecule has 1 amide bonds. The van der Waals surface area contributed by atoms with E-state index in [0.717, 1.165) is 5.56 Å². The molecule has 0 radical (unpaired) electrons. The van der Waals surface area contributed by atoms with Gasteiger partial charge < -0.3 is 9.42 Å². The van der Waals surface area contributed by atoms with Crippen LogP contribution in [-0.4, -0.2) is 22.6 Å². The quantitative estimate of drug-likeness (QED) is 0.741. The molecular formula is C18H14FN3O2. The fourth-order valence-electron chi connectivity index (χ4n) is 2.87. The predicted molar refractivity (Wildman–Crippen MR) is 85.8 cm³/mol. The lowest BCUT2D eigenvalue weighted by atomic mass is 10.1. The number of hydrogen-bond acceptors (Lipinski definition) is 4. The fourth-order valence-corrected chi connectivity index (χ4v) is 2.87. The third kappa shape index (κ3) is 2.67. The van der Waals surface area contributed by atoms with E-state index in [0.29, 0.717) is 23.9 Å². The van der Waals surface area contributed by atoms with Crippen LogP contribution in [0.15, 0.2) is 59.1 Å². The number of aromatic nitrogens is 2. The second-order valence-corrected chi connectivity index (χ2v) is 5.71. The van der Waals surface area contributed by atoms with E-state index in [1.54, 1.807) is 17.0 Å². The molecule has 1 saturated heterocycles. The maximum atomic E-state index is 13.4. The van der Waals surface area contributed by atoms with Gasteiger partial charge >= 0.3 is 0 Å². The smallest absolute Gasteiger partial charge is 0.257 e. The first-order chi connectivity index (χ1) is 11.7. The highest BCUT2D eigenvalue weighted by Gasteiger charge is 2.34. The third-order valence-corrected chi connectivity index (χ3v) is 4.07. The summed E-state index contributed by atoms with van der Waals surface area (Å²) in [5.74, 6) is 0.330. The molecule has 1 aliphatic rings. The van der Waals surface area contributed by atoms with Crippen LogP contribution >= 0.6 is 0 Å². The van der Waals surface area contributed by atoms with Gasteiger partial charge in [0, 0.05) is 30.1 Å². The summed E-state index contributed by atoms with van der Waals surface area (Å²) in [6.07, 6.45) is 0.282. The molecule has 2 aromatic carbocycles. The highest BCUT2D eigenvalue weighted by atomic mass is 19.1. The normalized spacial score (nSPS) is 17.5. The Bertz CT molecular complexity index is 879. The van der Waals surface area contributed by atoms with Crippen LogP contribution in [0.1, 0.15) is 18.2 Å². The molecule has 3 aromatic rings. The van der Waals surface area contributed by atoms with Crippen LogP contribution in [0.2, 0.25) is 0 Å². The summed E-state index contributed by atoms with van der Waals surface area (Å²) in [5.41, 5.74) is 1.39. The molecule has 1 aliphatic heterocycles. The molecule has 1 unspecified atom stereocenters. The SMILES string of the molecule is O=C1CC(c2noc(-c3ccccc3)n2)CN1c1cccc(F)c1. The maximum absolute atomic E-state index is 13.4. The van der Waals surface area contributed by atoms with E-state index in [2.05, 4.69) is 10.1 Å². The molecule has 0 spiro atoms. The van der Waals surface area contributed by atoms with Crippen molar-refractivity contribution in [2.75, 3.05) is 11.4 Å². The van der Waals surface area contributed by atoms with E-state index < -0.39 is 0 Å². The molecule has 0 bridgehead atoms. The van der Waals surface area contributed by atoms with Gasteiger partial charge in [0.05, 0.1) is 0 Å². The van der Waals surface area contributed by atoms with Gasteiger partial charge in [0.1, 0.15) is 5.82 Å². The van der Waals surface area contributed by atoms with Crippen molar-refractivity contribution in [2.24, 2.45) is 0 Å². The minimum absolute atomic E-state index is 0.0725. The largest absolute Gasteiger partial charge is 0.334 e. The van der Waals surface area contributed by atoms with E-state index >= 15 is 0 Å². The first-order valence-corrected chi connectivity index (χ1v) is 7.65. The van der Waals surface area contributed by atoms with Crippen molar-refractivity contribution in [2.45, 2.75) is 12.3 Å². The summed E-state index contributed by atoms with van der Waals surface area (Å²) in [6, 6.07) is 15.5. The fraction of sp³-hybridized carbons (Fsp3) is 0.167. The molecular weight excluding hydrogens is 309 g/mol. The van der Waals surface area contributed by atoms with Gasteiger partial charge in [-0.15, -0.1) is 0 Å². The van der Waals surface area contributed by atoms with E-state index in [1.165, 1.54) is 12.1 Å². The van der Waals surface area contributed by atoms with Crippen molar-refractivity contribution >= 4 is 11.6 Å². The summed E-state index contributed by atoms with van der Waals surface area (Å²) >= 11 is 0. The van der Waals surface area contributed by atoms with Crippen LogP contribution in [0.3, 0.4) is 0 Å². The van der Waals surface area contributed by atoms with Crippen molar-refractivity contribution in [1.29, 1.82) is 0 Å². The van der Waals surface area contributed by atoms with Crippen molar-refractivity contribution in [1.82, 2.24) is 10.1 Å². The van der Waals surface area contributed by atoms with Crippen LogP contribution in [0.4, 0.5) is 10.1 Å². The first kappa shape index (κ1) is 14.6. The van der Waals surface area contributed by atoms with Gasteiger partial charge in [-0.1, -0.05) is 29.4 Å². The summed E-state index contributed by atoms with van der Waals surface area (Å²) in [4.78, 5) is 18.2. The average molecular weight is 323 g/mol. The molecule has 120 valence electrons. The van der Waals surface area contributed by atoms with Crippen LogP contribution < -0.4 is 4.90 Å². The van der Waals surface area contributed by atoms with E-state index in [4.69, 9.17) is 4.52 Å². The number of carbonyl (C=O) groups excluding carboxylic acids is 1. The Morgan fingerprint density at radius 1 is 1.12 bits per heavy atom. The van der Waals surface area contributed by atoms with E-state index in [1.807, 2.05) is 30.3 Å². The van der Waals surface area contributed by atoms with Gasteiger partial charge in [0.2, 0.25) is 5.91 Å². The number of halogens is 1. The van der Waals surface area contributed by atoms with Gasteiger partial charge in [-0.05, 0) is 30.3 Å². The highest BCUT2D eigenvalue weighted by Crippen LogP contribution is 2.31. The number of carbonyl (C=O) groups is 1. The number of benzene rings is 2. The monoisotopic (exact) mass is 323 g/mol. The Morgan fingerprint density at radius 2 is 1.96 bits per heavy atom. The molecule has 2 heterocycles. The van der Waals surface area contributed by atoms with E-state index in [9.17, 15) is 9.18 Å². The summed E-state index contributed by atoms with van der Waals surface area (Å²) in [7, 11) is 0. The molecule has 5 nitrogen and oxygen atoms in total. The molecule has 4 rings (SSSR count). The van der Waals surface area contributed by atoms with Gasteiger partial charge in [-0.25, -0.2) is 4.39 Å². The topological polar surface area (TPSA) is 59.2 Å². The summed E-state index contributed by atoms with van der Waals surface area (Å²) < 4.78 is 18.7. The Labute approximate surface area is 137 Å². The third-order valence-electron chi connectivity index (χ3n) is 4.07. The van der Waals surface area contributed by atoms with Crippen molar-refractivity contribution in [3.63, 3.8) is 0 Å². The molecule has 0 aliphatic carbocycles. The number of nitrogens with zero attached hydrogens (tertiary/aromatic N) is 3. The Kier molecular flexibility index (Phi) is 3.57. The van der Waals surface area contributed by atoms with Gasteiger partial charge in [-0.3, -0.25) is 4.79 Å². The lowest BCUT2D eigenvalue weighted by Gasteiger charge is -2.15. The lowest BCUT2D eigenvalue weighted by molar-refractivity contribution is -0.117. The minimum atomic E-state index is -0.366. The lowest BCUT2D eigenvalue weighted by Crippen LogP contribution is -2.24. The number of rotatable bonds is 3. The predicted octanol–water partition coefficient (Wildman–Crippen LogP) is 3.40. The van der Waals surface area contributed by atoms with Crippen LogP contribution in [-0.2, 0) is 4.79 Å². The van der Waals surface area contributed by atoms with Crippen molar-refractivity contribution in [3.8, 4) is 11.5 Å².